The molecule has 1 fully saturated rings. The lowest BCUT2D eigenvalue weighted by molar-refractivity contribution is 0.128. The Hall–Kier alpha value is -1.75. The van der Waals surface area contributed by atoms with Gasteiger partial charge in [-0.1, -0.05) is 0 Å². The molecule has 0 aliphatic carbocycles. The molecule has 1 aromatic rings. The minimum atomic E-state index is 0.103. The fraction of sp³-hybridized carbons (Fsp3) is 0.562. The largest absolute Gasteiger partial charge is 0.497 e. The molecule has 1 aromatic carbocycles. The van der Waals surface area contributed by atoms with Crippen molar-refractivity contribution >= 4 is 11.5 Å². The highest BCUT2D eigenvalue weighted by Gasteiger charge is 2.27. The van der Waals surface area contributed by atoms with Crippen LogP contribution in [0.25, 0.3) is 0 Å². The van der Waals surface area contributed by atoms with Gasteiger partial charge in [-0.15, -0.1) is 0 Å². The first kappa shape index (κ1) is 15.6. The van der Waals surface area contributed by atoms with Crippen LogP contribution in [0.3, 0.4) is 0 Å². The average molecular weight is 290 g/mol. The predicted octanol–water partition coefficient (Wildman–Crippen LogP) is 1.90. The van der Waals surface area contributed by atoms with E-state index >= 15 is 0 Å². The summed E-state index contributed by atoms with van der Waals surface area (Å²) in [5, 5.41) is 7.76. The van der Waals surface area contributed by atoms with Gasteiger partial charge in [0.25, 0.3) is 0 Å². The Morgan fingerprint density at radius 3 is 2.29 bits per heavy atom. The Morgan fingerprint density at radius 2 is 1.81 bits per heavy atom. The van der Waals surface area contributed by atoms with E-state index in [1.54, 1.807) is 7.11 Å². The van der Waals surface area contributed by atoms with Crippen LogP contribution in [0.15, 0.2) is 18.2 Å². The molecule has 0 unspecified atom stereocenters. The summed E-state index contributed by atoms with van der Waals surface area (Å²) in [5.74, 6) is 0.902. The molecule has 3 N–H and O–H groups in total. The number of nitrogen functional groups attached to an aromatic ring is 1. The monoisotopic (exact) mass is 290 g/mol. The Kier molecular flexibility index (Phi) is 4.42. The second kappa shape index (κ2) is 5.93. The third kappa shape index (κ3) is 3.47. The molecule has 5 heteroatoms. The molecule has 116 valence electrons. The van der Waals surface area contributed by atoms with Crippen molar-refractivity contribution in [1.29, 1.82) is 5.41 Å². The predicted molar refractivity (Wildman–Crippen MR) is 87.5 cm³/mol. The maximum absolute atomic E-state index is 7.76. The summed E-state index contributed by atoms with van der Waals surface area (Å²) in [7, 11) is 1.66. The number of nitrogens with one attached hydrogen (secondary N) is 1. The van der Waals surface area contributed by atoms with E-state index in [1.165, 1.54) is 0 Å². The maximum atomic E-state index is 7.76. The molecule has 1 saturated heterocycles. The number of anilines is 1. The molecule has 2 rings (SSSR count). The molecule has 1 heterocycles. The minimum absolute atomic E-state index is 0.103. The van der Waals surface area contributed by atoms with Crippen LogP contribution in [-0.4, -0.2) is 49.6 Å². The molecular formula is C16H26N4O. The zero-order valence-corrected chi connectivity index (χ0v) is 13.4. The Labute approximate surface area is 127 Å². The number of amidine groups is 1. The van der Waals surface area contributed by atoms with Crippen molar-refractivity contribution in [3.8, 4) is 5.75 Å². The summed E-state index contributed by atoms with van der Waals surface area (Å²) in [6, 6.07) is 5.70. The van der Waals surface area contributed by atoms with Crippen LogP contribution >= 0.6 is 0 Å². The van der Waals surface area contributed by atoms with Crippen molar-refractivity contribution < 1.29 is 4.74 Å². The number of benzene rings is 1. The van der Waals surface area contributed by atoms with Crippen molar-refractivity contribution in [3.63, 3.8) is 0 Å². The zero-order chi connectivity index (χ0) is 15.6. The molecule has 0 radical (unpaired) electrons. The number of ether oxygens (including phenoxy) is 1. The number of hydrogen-bond acceptors (Lipinski definition) is 4. The average Bonchev–Trinajstić information content (AvgIpc) is 2.45. The number of hydrogen-bond donors (Lipinski definition) is 2. The van der Waals surface area contributed by atoms with Crippen LogP contribution in [0.4, 0.5) is 5.69 Å². The third-order valence-corrected chi connectivity index (χ3v) is 4.06. The van der Waals surface area contributed by atoms with Crippen LogP contribution in [-0.2, 0) is 0 Å². The summed E-state index contributed by atoms with van der Waals surface area (Å²) >= 11 is 0. The zero-order valence-electron chi connectivity index (χ0n) is 13.4. The Bertz CT molecular complexity index is 513. The van der Waals surface area contributed by atoms with Crippen molar-refractivity contribution in [2.45, 2.75) is 26.3 Å². The minimum Gasteiger partial charge on any atom is -0.497 e. The maximum Gasteiger partial charge on any atom is 0.124 e. The second-order valence-corrected chi connectivity index (χ2v) is 6.44. The summed E-state index contributed by atoms with van der Waals surface area (Å²) in [6.45, 7) is 10.6. The number of methoxy groups -OCH3 is 1. The van der Waals surface area contributed by atoms with E-state index in [9.17, 15) is 0 Å². The molecule has 0 aromatic heterocycles. The summed E-state index contributed by atoms with van der Waals surface area (Å²) in [6.07, 6.45) is 0. The van der Waals surface area contributed by atoms with E-state index in [4.69, 9.17) is 15.9 Å². The first-order chi connectivity index (χ1) is 9.82. The first-order valence-electron chi connectivity index (χ1n) is 7.35. The quantitative estimate of drug-likeness (QED) is 0.659. The van der Waals surface area contributed by atoms with Crippen molar-refractivity contribution in [1.82, 2.24) is 4.90 Å². The highest BCUT2D eigenvalue weighted by atomic mass is 16.5. The second-order valence-electron chi connectivity index (χ2n) is 6.44. The Morgan fingerprint density at radius 1 is 1.19 bits per heavy atom. The number of piperazine rings is 1. The normalized spacial score (nSPS) is 16.9. The van der Waals surface area contributed by atoms with Gasteiger partial charge in [0, 0.05) is 43.3 Å². The van der Waals surface area contributed by atoms with Gasteiger partial charge in [0.05, 0.1) is 12.8 Å². The van der Waals surface area contributed by atoms with Gasteiger partial charge in [-0.2, -0.15) is 0 Å². The molecule has 21 heavy (non-hydrogen) atoms. The number of nitrogens with two attached hydrogens (primary N) is 1. The van der Waals surface area contributed by atoms with Crippen LogP contribution in [0.5, 0.6) is 5.75 Å². The lowest BCUT2D eigenvalue weighted by atomic mass is 10.0. The van der Waals surface area contributed by atoms with Gasteiger partial charge in [-0.25, -0.2) is 0 Å². The first-order valence-corrected chi connectivity index (χ1v) is 7.35. The summed E-state index contributed by atoms with van der Waals surface area (Å²) in [4.78, 5) is 4.78. The van der Waals surface area contributed by atoms with Crippen LogP contribution < -0.4 is 15.4 Å². The molecular weight excluding hydrogens is 264 g/mol. The van der Waals surface area contributed by atoms with E-state index in [1.807, 2.05) is 18.2 Å². The van der Waals surface area contributed by atoms with Gasteiger partial charge in [-0.3, -0.25) is 10.3 Å². The topological polar surface area (TPSA) is 65.6 Å². The smallest absolute Gasteiger partial charge is 0.124 e. The molecule has 1 aliphatic rings. The van der Waals surface area contributed by atoms with Crippen molar-refractivity contribution in [2.75, 3.05) is 38.2 Å². The van der Waals surface area contributed by atoms with Gasteiger partial charge in [-0.05, 0) is 32.9 Å². The van der Waals surface area contributed by atoms with Crippen LogP contribution in [0.1, 0.15) is 26.3 Å². The molecule has 1 aliphatic heterocycles. The van der Waals surface area contributed by atoms with E-state index < -0.39 is 0 Å². The third-order valence-electron chi connectivity index (χ3n) is 4.06. The van der Waals surface area contributed by atoms with Gasteiger partial charge < -0.3 is 15.4 Å². The fourth-order valence-corrected chi connectivity index (χ4v) is 2.75. The SMILES string of the molecule is COc1ccc(C(=N)N)c(N2CCN(C(C)(C)C)CC2)c1. The molecule has 0 atom stereocenters. The van der Waals surface area contributed by atoms with E-state index in [0.717, 1.165) is 43.2 Å². The van der Waals surface area contributed by atoms with Gasteiger partial charge in [0.1, 0.15) is 11.6 Å². The molecule has 0 spiro atoms. The molecule has 5 nitrogen and oxygen atoms in total. The Balaban J connectivity index is 2.21. The molecule has 0 saturated carbocycles. The number of nitrogens with zero attached hydrogens (tertiary/aromatic N) is 2. The van der Waals surface area contributed by atoms with Crippen LogP contribution in [0.2, 0.25) is 0 Å². The fourth-order valence-electron chi connectivity index (χ4n) is 2.75. The lowest BCUT2D eigenvalue weighted by Crippen LogP contribution is -2.53. The number of rotatable bonds is 3. The standard InChI is InChI=1S/C16H26N4O/c1-16(2,3)20-9-7-19(8-10-20)14-11-12(21-4)5-6-13(14)15(17)18/h5-6,11H,7-10H2,1-4H3,(H3,17,18). The molecule has 0 bridgehead atoms. The van der Waals surface area contributed by atoms with E-state index in [-0.39, 0.29) is 11.4 Å². The van der Waals surface area contributed by atoms with Crippen LogP contribution in [0, 0.1) is 5.41 Å². The van der Waals surface area contributed by atoms with Crippen molar-refractivity contribution in [3.05, 3.63) is 23.8 Å². The lowest BCUT2D eigenvalue weighted by Gasteiger charge is -2.43. The van der Waals surface area contributed by atoms with E-state index in [0.29, 0.717) is 0 Å². The highest BCUT2D eigenvalue weighted by Crippen LogP contribution is 2.28. The highest BCUT2D eigenvalue weighted by molar-refractivity contribution is 6.00. The summed E-state index contributed by atoms with van der Waals surface area (Å²) < 4.78 is 5.31. The summed E-state index contributed by atoms with van der Waals surface area (Å²) in [5.41, 5.74) is 7.69. The molecule has 0 amide bonds. The van der Waals surface area contributed by atoms with Gasteiger partial charge in [0.2, 0.25) is 0 Å². The van der Waals surface area contributed by atoms with E-state index in [2.05, 4.69) is 30.6 Å². The van der Waals surface area contributed by atoms with Gasteiger partial charge >= 0.3 is 0 Å². The van der Waals surface area contributed by atoms with Gasteiger partial charge in [0.15, 0.2) is 0 Å². The van der Waals surface area contributed by atoms with Crippen molar-refractivity contribution in [2.24, 2.45) is 5.73 Å².